The maximum Gasteiger partial charge on any atom is 0.319 e. The van der Waals surface area contributed by atoms with Gasteiger partial charge in [0, 0.05) is 14.1 Å². The molecule has 0 bridgehead atoms. The molecule has 20 heavy (non-hydrogen) atoms. The minimum atomic E-state index is -0.678. The smallest absolute Gasteiger partial charge is 0.319 e. The number of aromatic amines is 1. The number of carbonyl (C=O) groups excluding carboxylic acids is 1. The molecule has 0 aliphatic heterocycles. The molecule has 0 aliphatic carbocycles. The summed E-state index contributed by atoms with van der Waals surface area (Å²) >= 11 is 0. The van der Waals surface area contributed by atoms with Crippen LogP contribution < -0.4 is 10.2 Å². The van der Waals surface area contributed by atoms with Crippen LogP contribution in [0.4, 0.5) is 17.3 Å². The zero-order valence-corrected chi connectivity index (χ0v) is 10.8. The minimum Gasteiger partial charge on any atom is -0.363 e. The van der Waals surface area contributed by atoms with Gasteiger partial charge in [0.1, 0.15) is 17.8 Å². The standard InChI is InChI=1S/C11H12N6O3/c1-16(2)9-5-3-4-8(13-9)14-11(18)10-7(17(19)20)6-12-15-10/h3-6H,1-2H3,(H,12,15)(H,13,14,18). The first-order valence-electron chi connectivity index (χ1n) is 5.62. The van der Waals surface area contributed by atoms with Crippen LogP contribution in [0.3, 0.4) is 0 Å². The number of hydrogen-bond acceptors (Lipinski definition) is 6. The van der Waals surface area contributed by atoms with Crippen molar-refractivity contribution in [2.75, 3.05) is 24.3 Å². The molecule has 0 spiro atoms. The molecule has 104 valence electrons. The highest BCUT2D eigenvalue weighted by Crippen LogP contribution is 2.17. The molecule has 9 heteroatoms. The van der Waals surface area contributed by atoms with Crippen molar-refractivity contribution in [1.82, 2.24) is 15.2 Å². The van der Waals surface area contributed by atoms with Crippen LogP contribution in [0.2, 0.25) is 0 Å². The van der Waals surface area contributed by atoms with Gasteiger partial charge in [-0.25, -0.2) is 4.98 Å². The first kappa shape index (κ1) is 13.5. The van der Waals surface area contributed by atoms with Gasteiger partial charge >= 0.3 is 5.69 Å². The van der Waals surface area contributed by atoms with Gasteiger partial charge in [-0.1, -0.05) is 6.07 Å². The van der Waals surface area contributed by atoms with Crippen molar-refractivity contribution in [3.63, 3.8) is 0 Å². The third-order valence-electron chi connectivity index (χ3n) is 2.48. The fourth-order valence-corrected chi connectivity index (χ4v) is 1.51. The van der Waals surface area contributed by atoms with Gasteiger partial charge in [-0.3, -0.25) is 20.0 Å². The van der Waals surface area contributed by atoms with E-state index in [1.807, 2.05) is 14.1 Å². The van der Waals surface area contributed by atoms with Crippen LogP contribution in [-0.2, 0) is 0 Å². The molecule has 0 saturated carbocycles. The van der Waals surface area contributed by atoms with E-state index in [9.17, 15) is 14.9 Å². The van der Waals surface area contributed by atoms with Gasteiger partial charge in [-0.2, -0.15) is 5.10 Å². The van der Waals surface area contributed by atoms with Gasteiger partial charge in [-0.15, -0.1) is 0 Å². The maximum absolute atomic E-state index is 11.9. The number of nitrogens with zero attached hydrogens (tertiary/aromatic N) is 4. The number of pyridine rings is 1. The molecule has 0 saturated heterocycles. The monoisotopic (exact) mass is 276 g/mol. The van der Waals surface area contributed by atoms with E-state index in [2.05, 4.69) is 20.5 Å². The Morgan fingerprint density at radius 2 is 2.20 bits per heavy atom. The van der Waals surface area contributed by atoms with Crippen molar-refractivity contribution in [3.05, 3.63) is 40.2 Å². The van der Waals surface area contributed by atoms with E-state index in [4.69, 9.17) is 0 Å². The van der Waals surface area contributed by atoms with E-state index >= 15 is 0 Å². The van der Waals surface area contributed by atoms with E-state index in [0.29, 0.717) is 11.6 Å². The van der Waals surface area contributed by atoms with Crippen LogP contribution in [0, 0.1) is 10.1 Å². The lowest BCUT2D eigenvalue weighted by molar-refractivity contribution is -0.385. The van der Waals surface area contributed by atoms with Crippen molar-refractivity contribution in [2.24, 2.45) is 0 Å². The van der Waals surface area contributed by atoms with Crippen LogP contribution in [-0.4, -0.2) is 40.1 Å². The highest BCUT2D eigenvalue weighted by molar-refractivity contribution is 6.05. The maximum atomic E-state index is 11.9. The molecule has 2 aromatic rings. The predicted octanol–water partition coefficient (Wildman–Crippen LogP) is 1.03. The molecule has 0 aliphatic rings. The Morgan fingerprint density at radius 1 is 1.45 bits per heavy atom. The topological polar surface area (TPSA) is 117 Å². The zero-order valence-electron chi connectivity index (χ0n) is 10.8. The molecule has 2 N–H and O–H groups in total. The van der Waals surface area contributed by atoms with Gasteiger partial charge < -0.3 is 10.2 Å². The summed E-state index contributed by atoms with van der Waals surface area (Å²) in [6, 6.07) is 5.08. The van der Waals surface area contributed by atoms with Gasteiger partial charge in [0.2, 0.25) is 5.69 Å². The summed E-state index contributed by atoms with van der Waals surface area (Å²) in [6.45, 7) is 0. The van der Waals surface area contributed by atoms with Crippen LogP contribution in [0.5, 0.6) is 0 Å². The largest absolute Gasteiger partial charge is 0.363 e. The Bertz CT molecular complexity index is 651. The third kappa shape index (κ3) is 2.71. The summed E-state index contributed by atoms with van der Waals surface area (Å²) in [7, 11) is 3.63. The number of rotatable bonds is 4. The normalized spacial score (nSPS) is 10.1. The van der Waals surface area contributed by atoms with Crippen LogP contribution >= 0.6 is 0 Å². The van der Waals surface area contributed by atoms with Crippen molar-refractivity contribution < 1.29 is 9.72 Å². The lowest BCUT2D eigenvalue weighted by atomic mass is 10.3. The van der Waals surface area contributed by atoms with Crippen molar-refractivity contribution in [3.8, 4) is 0 Å². The summed E-state index contributed by atoms with van der Waals surface area (Å²) in [5, 5.41) is 19.0. The van der Waals surface area contributed by atoms with E-state index in [1.54, 1.807) is 23.1 Å². The van der Waals surface area contributed by atoms with Gasteiger partial charge in [-0.05, 0) is 12.1 Å². The second kappa shape index (κ2) is 5.34. The Hall–Kier alpha value is -2.97. The average molecular weight is 276 g/mol. The second-order valence-electron chi connectivity index (χ2n) is 4.12. The van der Waals surface area contributed by atoms with Gasteiger partial charge in [0.25, 0.3) is 5.91 Å². The number of nitrogens with one attached hydrogen (secondary N) is 2. The van der Waals surface area contributed by atoms with E-state index in [0.717, 1.165) is 6.20 Å². The molecule has 0 radical (unpaired) electrons. The molecule has 1 amide bonds. The number of hydrogen-bond donors (Lipinski definition) is 2. The third-order valence-corrected chi connectivity index (χ3v) is 2.48. The first-order valence-corrected chi connectivity index (χ1v) is 5.62. The van der Waals surface area contributed by atoms with Crippen LogP contribution in [0.1, 0.15) is 10.5 Å². The van der Waals surface area contributed by atoms with Crippen LogP contribution in [0.25, 0.3) is 0 Å². The Morgan fingerprint density at radius 3 is 2.85 bits per heavy atom. The van der Waals surface area contributed by atoms with E-state index < -0.39 is 10.8 Å². The minimum absolute atomic E-state index is 0.216. The number of anilines is 2. The lowest BCUT2D eigenvalue weighted by Gasteiger charge is -2.12. The van der Waals surface area contributed by atoms with Crippen LogP contribution in [0.15, 0.2) is 24.4 Å². The number of aromatic nitrogens is 3. The summed E-state index contributed by atoms with van der Waals surface area (Å²) in [5.41, 5.74) is -0.599. The first-order chi connectivity index (χ1) is 9.49. The fraction of sp³-hybridized carbons (Fsp3) is 0.182. The quantitative estimate of drug-likeness (QED) is 0.636. The molecule has 0 unspecified atom stereocenters. The Balaban J connectivity index is 2.21. The Kier molecular flexibility index (Phi) is 3.60. The number of carbonyl (C=O) groups is 1. The number of H-pyrrole nitrogens is 1. The zero-order chi connectivity index (χ0) is 14.7. The molecule has 9 nitrogen and oxygen atoms in total. The second-order valence-corrected chi connectivity index (χ2v) is 4.12. The highest BCUT2D eigenvalue weighted by Gasteiger charge is 2.23. The van der Waals surface area contributed by atoms with Crippen molar-refractivity contribution in [2.45, 2.75) is 0 Å². The summed E-state index contributed by atoms with van der Waals surface area (Å²) in [6.07, 6.45) is 0.985. The predicted molar refractivity (Wildman–Crippen MR) is 71.8 cm³/mol. The molecule has 0 aromatic carbocycles. The highest BCUT2D eigenvalue weighted by atomic mass is 16.6. The fourth-order valence-electron chi connectivity index (χ4n) is 1.51. The van der Waals surface area contributed by atoms with Crippen molar-refractivity contribution in [1.29, 1.82) is 0 Å². The number of nitro groups is 1. The lowest BCUT2D eigenvalue weighted by Crippen LogP contribution is -2.16. The van der Waals surface area contributed by atoms with Gasteiger partial charge in [0.05, 0.1) is 4.92 Å². The molecule has 2 rings (SSSR count). The SMILES string of the molecule is CN(C)c1cccc(NC(=O)c2[nH]ncc2[N+](=O)[O-])n1. The molecule has 0 atom stereocenters. The molecule has 0 fully saturated rings. The molecule has 2 heterocycles. The van der Waals surface area contributed by atoms with Gasteiger partial charge in [0.15, 0.2) is 0 Å². The van der Waals surface area contributed by atoms with E-state index in [-0.39, 0.29) is 11.4 Å². The molecular weight excluding hydrogens is 264 g/mol. The molecular formula is C11H12N6O3. The molecule has 2 aromatic heterocycles. The average Bonchev–Trinajstić information content (AvgIpc) is 2.88. The summed E-state index contributed by atoms with van der Waals surface area (Å²) < 4.78 is 0. The summed E-state index contributed by atoms with van der Waals surface area (Å²) in [4.78, 5) is 27.9. The Labute approximate surface area is 113 Å². The number of amides is 1. The van der Waals surface area contributed by atoms with Crippen molar-refractivity contribution >= 4 is 23.2 Å². The van der Waals surface area contributed by atoms with E-state index in [1.165, 1.54) is 0 Å². The summed E-state index contributed by atoms with van der Waals surface area (Å²) in [5.74, 6) is 0.282.